The molecule has 5 heteroatoms. The van der Waals surface area contributed by atoms with Crippen LogP contribution < -0.4 is 11.3 Å². The average molecular weight is 222 g/mol. The van der Waals surface area contributed by atoms with Crippen LogP contribution in [-0.2, 0) is 6.42 Å². The van der Waals surface area contributed by atoms with Crippen molar-refractivity contribution in [1.82, 2.24) is 4.98 Å². The molecule has 1 heterocycles. The monoisotopic (exact) mass is 222 g/mol. The van der Waals surface area contributed by atoms with Crippen LogP contribution in [0.15, 0.2) is 10.9 Å². The summed E-state index contributed by atoms with van der Waals surface area (Å²) in [7, 11) is 0. The van der Waals surface area contributed by atoms with Crippen molar-refractivity contribution >= 4 is 5.91 Å². The van der Waals surface area contributed by atoms with E-state index in [1.54, 1.807) is 0 Å². The molecule has 0 aliphatic heterocycles. The highest BCUT2D eigenvalue weighted by Gasteiger charge is 2.25. The number of aromatic amines is 1. The standard InChI is InChI=1S/C11H14N2O3/c1-5-2-8-6(9(14)3-5)4-7(10(12)15)11(16)13-8/h4-5,9,14H,2-3H2,1H3,(H2,12,15)(H,13,16). The van der Waals surface area contributed by atoms with Gasteiger partial charge in [-0.3, -0.25) is 9.59 Å². The summed E-state index contributed by atoms with van der Waals surface area (Å²) < 4.78 is 0. The molecule has 5 nitrogen and oxygen atoms in total. The molecule has 4 N–H and O–H groups in total. The van der Waals surface area contributed by atoms with E-state index in [1.165, 1.54) is 6.07 Å². The minimum absolute atomic E-state index is 0.0904. The number of aliphatic hydroxyl groups excluding tert-OH is 1. The lowest BCUT2D eigenvalue weighted by atomic mass is 9.85. The third kappa shape index (κ3) is 1.74. The van der Waals surface area contributed by atoms with Gasteiger partial charge in [0.2, 0.25) is 0 Å². The number of pyridine rings is 1. The molecule has 1 aliphatic rings. The van der Waals surface area contributed by atoms with Gasteiger partial charge in [0.05, 0.1) is 6.10 Å². The fraction of sp³-hybridized carbons (Fsp3) is 0.455. The first-order valence-corrected chi connectivity index (χ1v) is 5.23. The zero-order chi connectivity index (χ0) is 11.9. The maximum Gasteiger partial charge on any atom is 0.261 e. The van der Waals surface area contributed by atoms with Crippen LogP contribution in [0.2, 0.25) is 0 Å². The minimum atomic E-state index is -0.769. The number of rotatable bonds is 1. The van der Waals surface area contributed by atoms with Crippen LogP contribution >= 0.6 is 0 Å². The number of aliphatic hydroxyl groups is 1. The summed E-state index contributed by atoms with van der Waals surface area (Å²) >= 11 is 0. The van der Waals surface area contributed by atoms with Crippen molar-refractivity contribution in [3.8, 4) is 0 Å². The Morgan fingerprint density at radius 3 is 2.94 bits per heavy atom. The maximum atomic E-state index is 11.5. The Hall–Kier alpha value is -1.62. The van der Waals surface area contributed by atoms with Crippen LogP contribution in [0.1, 0.15) is 41.1 Å². The summed E-state index contributed by atoms with van der Waals surface area (Å²) in [6.07, 6.45) is 0.714. The van der Waals surface area contributed by atoms with Gasteiger partial charge in [-0.2, -0.15) is 0 Å². The van der Waals surface area contributed by atoms with E-state index in [0.29, 0.717) is 30.0 Å². The molecule has 0 radical (unpaired) electrons. The van der Waals surface area contributed by atoms with Crippen molar-refractivity contribution in [3.63, 3.8) is 0 Å². The molecule has 2 rings (SSSR count). The Kier molecular flexibility index (Phi) is 2.55. The van der Waals surface area contributed by atoms with Crippen LogP contribution in [0.4, 0.5) is 0 Å². The molecule has 2 unspecified atom stereocenters. The lowest BCUT2D eigenvalue weighted by Gasteiger charge is -2.25. The van der Waals surface area contributed by atoms with Gasteiger partial charge >= 0.3 is 0 Å². The Balaban J connectivity index is 2.57. The average Bonchev–Trinajstić information content (AvgIpc) is 2.15. The van der Waals surface area contributed by atoms with Gasteiger partial charge in [-0.05, 0) is 24.8 Å². The fourth-order valence-electron chi connectivity index (χ4n) is 2.17. The molecule has 86 valence electrons. The summed E-state index contributed by atoms with van der Waals surface area (Å²) in [6.45, 7) is 2.01. The number of nitrogens with one attached hydrogen (secondary N) is 1. The molecule has 1 aromatic heterocycles. The number of amides is 1. The Bertz CT molecular complexity index is 492. The van der Waals surface area contributed by atoms with E-state index in [-0.39, 0.29) is 5.56 Å². The molecule has 1 amide bonds. The zero-order valence-electron chi connectivity index (χ0n) is 8.99. The Labute approximate surface area is 92.3 Å². The van der Waals surface area contributed by atoms with Crippen molar-refractivity contribution < 1.29 is 9.90 Å². The topological polar surface area (TPSA) is 96.2 Å². The summed E-state index contributed by atoms with van der Waals surface area (Å²) in [5.41, 5.74) is 5.84. The minimum Gasteiger partial charge on any atom is -0.388 e. The predicted octanol–water partition coefficient (Wildman–Crippen LogP) is 0.0895. The normalized spacial score (nSPS) is 23.9. The molecule has 2 atom stereocenters. The predicted molar refractivity (Wildman–Crippen MR) is 58.0 cm³/mol. The molecule has 0 saturated carbocycles. The summed E-state index contributed by atoms with van der Waals surface area (Å²) in [4.78, 5) is 25.1. The van der Waals surface area contributed by atoms with Crippen LogP contribution in [-0.4, -0.2) is 16.0 Å². The van der Waals surface area contributed by atoms with E-state index >= 15 is 0 Å². The van der Waals surface area contributed by atoms with E-state index in [9.17, 15) is 14.7 Å². The number of carbonyl (C=O) groups excluding carboxylic acids is 1. The van der Waals surface area contributed by atoms with E-state index < -0.39 is 17.6 Å². The van der Waals surface area contributed by atoms with Gasteiger partial charge < -0.3 is 15.8 Å². The van der Waals surface area contributed by atoms with Crippen LogP contribution in [0.25, 0.3) is 0 Å². The quantitative estimate of drug-likeness (QED) is 0.628. The number of carbonyl (C=O) groups is 1. The van der Waals surface area contributed by atoms with Gasteiger partial charge in [-0.25, -0.2) is 0 Å². The van der Waals surface area contributed by atoms with Gasteiger partial charge in [-0.15, -0.1) is 0 Å². The largest absolute Gasteiger partial charge is 0.388 e. The number of primary amides is 1. The number of fused-ring (bicyclic) bond motifs is 1. The summed E-state index contributed by atoms with van der Waals surface area (Å²) in [6, 6.07) is 1.41. The number of H-pyrrole nitrogens is 1. The smallest absolute Gasteiger partial charge is 0.261 e. The fourth-order valence-corrected chi connectivity index (χ4v) is 2.17. The van der Waals surface area contributed by atoms with Crippen LogP contribution in [0, 0.1) is 5.92 Å². The summed E-state index contributed by atoms with van der Waals surface area (Å²) in [5, 5.41) is 9.85. The number of hydrogen-bond donors (Lipinski definition) is 3. The first-order valence-electron chi connectivity index (χ1n) is 5.23. The molecule has 0 bridgehead atoms. The Morgan fingerprint density at radius 2 is 2.31 bits per heavy atom. The first-order chi connectivity index (χ1) is 7.49. The molecule has 0 spiro atoms. The molecule has 1 aliphatic carbocycles. The first kappa shape index (κ1) is 10.9. The molecule has 16 heavy (non-hydrogen) atoms. The van der Waals surface area contributed by atoms with Gasteiger partial charge in [-0.1, -0.05) is 6.92 Å². The number of aromatic nitrogens is 1. The van der Waals surface area contributed by atoms with E-state index in [1.807, 2.05) is 6.92 Å². The van der Waals surface area contributed by atoms with Gasteiger partial charge in [0.25, 0.3) is 11.5 Å². The van der Waals surface area contributed by atoms with E-state index in [0.717, 1.165) is 0 Å². The highest BCUT2D eigenvalue weighted by Crippen LogP contribution is 2.31. The second kappa shape index (κ2) is 3.75. The van der Waals surface area contributed by atoms with Crippen LogP contribution in [0.5, 0.6) is 0 Å². The van der Waals surface area contributed by atoms with Crippen molar-refractivity contribution in [1.29, 1.82) is 0 Å². The highest BCUT2D eigenvalue weighted by molar-refractivity contribution is 5.92. The molecule has 1 aromatic rings. The third-order valence-corrected chi connectivity index (χ3v) is 2.96. The lowest BCUT2D eigenvalue weighted by Crippen LogP contribution is -2.28. The molecule has 0 aromatic carbocycles. The SMILES string of the molecule is CC1Cc2[nH]c(=O)c(C(N)=O)cc2C(O)C1. The van der Waals surface area contributed by atoms with Crippen molar-refractivity contribution in [2.24, 2.45) is 11.7 Å². The highest BCUT2D eigenvalue weighted by atomic mass is 16.3. The summed E-state index contributed by atoms with van der Waals surface area (Å²) in [5.74, 6) is -0.451. The number of hydrogen-bond acceptors (Lipinski definition) is 3. The van der Waals surface area contributed by atoms with Crippen molar-refractivity contribution in [3.05, 3.63) is 33.2 Å². The van der Waals surface area contributed by atoms with Crippen LogP contribution in [0.3, 0.4) is 0 Å². The van der Waals surface area contributed by atoms with Gasteiger partial charge in [0, 0.05) is 11.3 Å². The van der Waals surface area contributed by atoms with Gasteiger partial charge in [0.1, 0.15) is 5.56 Å². The second-order valence-corrected chi connectivity index (χ2v) is 4.37. The third-order valence-electron chi connectivity index (χ3n) is 2.96. The number of nitrogens with two attached hydrogens (primary N) is 1. The lowest BCUT2D eigenvalue weighted by molar-refractivity contribution is 0.0997. The maximum absolute atomic E-state index is 11.5. The van der Waals surface area contributed by atoms with Crippen molar-refractivity contribution in [2.45, 2.75) is 25.9 Å². The molecular weight excluding hydrogens is 208 g/mol. The molecular formula is C11H14N2O3. The Morgan fingerprint density at radius 1 is 1.62 bits per heavy atom. The molecule has 0 fully saturated rings. The second-order valence-electron chi connectivity index (χ2n) is 4.37. The van der Waals surface area contributed by atoms with Crippen molar-refractivity contribution in [2.75, 3.05) is 0 Å². The van der Waals surface area contributed by atoms with E-state index in [2.05, 4.69) is 4.98 Å². The zero-order valence-corrected chi connectivity index (χ0v) is 8.99. The van der Waals surface area contributed by atoms with Gasteiger partial charge in [0.15, 0.2) is 0 Å². The molecule has 0 saturated heterocycles. The van der Waals surface area contributed by atoms with E-state index in [4.69, 9.17) is 5.73 Å².